The zero-order chi connectivity index (χ0) is 12.0. The molecule has 1 amide bonds. The van der Waals surface area contributed by atoms with Gasteiger partial charge in [-0.3, -0.25) is 9.59 Å². The third kappa shape index (κ3) is 5.11. The Labute approximate surface area is 95.8 Å². The molecule has 0 aromatic heterocycles. The van der Waals surface area contributed by atoms with Gasteiger partial charge in [-0.15, -0.1) is 0 Å². The van der Waals surface area contributed by atoms with Crippen LogP contribution in [0.2, 0.25) is 0 Å². The first-order valence-electron chi connectivity index (χ1n) is 5.75. The maximum Gasteiger partial charge on any atom is 0.303 e. The second-order valence-electron chi connectivity index (χ2n) is 4.47. The van der Waals surface area contributed by atoms with Crippen molar-refractivity contribution in [1.82, 2.24) is 10.2 Å². The van der Waals surface area contributed by atoms with Crippen LogP contribution in [0.4, 0.5) is 0 Å². The molecule has 16 heavy (non-hydrogen) atoms. The number of carboxylic acids is 1. The second kappa shape index (κ2) is 6.48. The lowest BCUT2D eigenvalue weighted by molar-refractivity contribution is -0.137. The number of nitrogens with one attached hydrogen (secondary N) is 1. The Morgan fingerprint density at radius 1 is 1.50 bits per heavy atom. The summed E-state index contributed by atoms with van der Waals surface area (Å²) in [6.45, 7) is 2.52. The summed E-state index contributed by atoms with van der Waals surface area (Å²) in [4.78, 5) is 23.9. The van der Waals surface area contributed by atoms with Crippen LogP contribution in [0, 0.1) is 5.92 Å². The summed E-state index contributed by atoms with van der Waals surface area (Å²) in [5.74, 6) is -0.304. The number of carboxylic acid groups (broad SMARTS) is 1. The lowest BCUT2D eigenvalue weighted by Gasteiger charge is -2.10. The van der Waals surface area contributed by atoms with Crippen LogP contribution in [0.5, 0.6) is 0 Å². The molecule has 1 aliphatic rings. The predicted molar refractivity (Wildman–Crippen MR) is 60.1 cm³/mol. The standard InChI is InChI=1S/C11H20N2O3/c1-13-6-4-9(8-13)7-10(14)12-5-2-3-11(15)16/h9H,2-8H2,1H3,(H,12,14)(H,15,16). The maximum absolute atomic E-state index is 11.5. The Hall–Kier alpha value is -1.10. The Balaban J connectivity index is 2.05. The molecule has 1 heterocycles. The van der Waals surface area contributed by atoms with E-state index in [4.69, 9.17) is 5.11 Å². The fraction of sp³-hybridized carbons (Fsp3) is 0.818. The third-order valence-corrected chi connectivity index (χ3v) is 2.85. The summed E-state index contributed by atoms with van der Waals surface area (Å²) >= 11 is 0. The highest BCUT2D eigenvalue weighted by molar-refractivity contribution is 5.76. The molecule has 1 aliphatic heterocycles. The predicted octanol–water partition coefficient (Wildman–Crippen LogP) is 0.309. The highest BCUT2D eigenvalue weighted by Crippen LogP contribution is 2.17. The molecule has 0 saturated carbocycles. The molecule has 1 rings (SSSR count). The van der Waals surface area contributed by atoms with E-state index < -0.39 is 5.97 Å². The van der Waals surface area contributed by atoms with Crippen molar-refractivity contribution in [1.29, 1.82) is 0 Å². The first-order chi connectivity index (χ1) is 7.58. The van der Waals surface area contributed by atoms with Gasteiger partial charge in [-0.05, 0) is 32.4 Å². The van der Waals surface area contributed by atoms with Gasteiger partial charge in [0, 0.05) is 25.9 Å². The largest absolute Gasteiger partial charge is 0.481 e. The average molecular weight is 228 g/mol. The molecular weight excluding hydrogens is 208 g/mol. The Morgan fingerprint density at radius 3 is 2.81 bits per heavy atom. The van der Waals surface area contributed by atoms with Gasteiger partial charge in [-0.2, -0.15) is 0 Å². The molecule has 5 nitrogen and oxygen atoms in total. The molecule has 0 spiro atoms. The number of aliphatic carboxylic acids is 1. The molecule has 0 aromatic rings. The van der Waals surface area contributed by atoms with Crippen molar-refractivity contribution in [2.45, 2.75) is 25.7 Å². The number of carbonyl (C=O) groups is 2. The fourth-order valence-electron chi connectivity index (χ4n) is 1.99. The van der Waals surface area contributed by atoms with E-state index in [1.807, 2.05) is 0 Å². The van der Waals surface area contributed by atoms with Crippen molar-refractivity contribution in [2.75, 3.05) is 26.7 Å². The topological polar surface area (TPSA) is 69.6 Å². The normalized spacial score (nSPS) is 20.9. The molecule has 5 heteroatoms. The van der Waals surface area contributed by atoms with E-state index in [-0.39, 0.29) is 12.3 Å². The summed E-state index contributed by atoms with van der Waals surface area (Å²) < 4.78 is 0. The van der Waals surface area contributed by atoms with Crippen LogP contribution in [-0.2, 0) is 9.59 Å². The molecule has 0 bridgehead atoms. The molecule has 1 atom stereocenters. The van der Waals surface area contributed by atoms with Gasteiger partial charge in [0.2, 0.25) is 5.91 Å². The van der Waals surface area contributed by atoms with Crippen molar-refractivity contribution in [2.24, 2.45) is 5.92 Å². The van der Waals surface area contributed by atoms with Gasteiger partial charge in [0.1, 0.15) is 0 Å². The number of rotatable bonds is 6. The van der Waals surface area contributed by atoms with E-state index in [1.165, 1.54) is 0 Å². The van der Waals surface area contributed by atoms with Crippen molar-refractivity contribution >= 4 is 11.9 Å². The molecule has 1 saturated heterocycles. The van der Waals surface area contributed by atoms with Crippen molar-refractivity contribution in [3.8, 4) is 0 Å². The minimum atomic E-state index is -0.813. The van der Waals surface area contributed by atoms with Crippen LogP contribution < -0.4 is 5.32 Å². The number of hydrogen-bond acceptors (Lipinski definition) is 3. The van der Waals surface area contributed by atoms with Gasteiger partial charge in [-0.25, -0.2) is 0 Å². The molecule has 92 valence electrons. The number of carbonyl (C=O) groups excluding carboxylic acids is 1. The molecule has 1 unspecified atom stereocenters. The highest BCUT2D eigenvalue weighted by atomic mass is 16.4. The van der Waals surface area contributed by atoms with E-state index in [2.05, 4.69) is 17.3 Å². The third-order valence-electron chi connectivity index (χ3n) is 2.85. The summed E-state index contributed by atoms with van der Waals surface area (Å²) in [7, 11) is 2.06. The summed E-state index contributed by atoms with van der Waals surface area (Å²) in [6, 6.07) is 0. The van der Waals surface area contributed by atoms with Gasteiger partial charge >= 0.3 is 5.97 Å². The van der Waals surface area contributed by atoms with Crippen LogP contribution >= 0.6 is 0 Å². The van der Waals surface area contributed by atoms with E-state index >= 15 is 0 Å². The summed E-state index contributed by atoms with van der Waals surface area (Å²) in [6.07, 6.45) is 2.27. The zero-order valence-corrected chi connectivity index (χ0v) is 9.74. The first-order valence-corrected chi connectivity index (χ1v) is 5.75. The second-order valence-corrected chi connectivity index (χ2v) is 4.47. The summed E-state index contributed by atoms with van der Waals surface area (Å²) in [5, 5.41) is 11.2. The maximum atomic E-state index is 11.5. The van der Waals surface area contributed by atoms with Crippen molar-refractivity contribution in [3.05, 3.63) is 0 Å². The molecule has 2 N–H and O–H groups in total. The van der Waals surface area contributed by atoms with Crippen LogP contribution in [0.1, 0.15) is 25.7 Å². The van der Waals surface area contributed by atoms with E-state index in [1.54, 1.807) is 0 Å². The molecule has 1 fully saturated rings. The van der Waals surface area contributed by atoms with Crippen LogP contribution in [0.15, 0.2) is 0 Å². The zero-order valence-electron chi connectivity index (χ0n) is 9.74. The SMILES string of the molecule is CN1CCC(CC(=O)NCCCC(=O)O)C1. The quantitative estimate of drug-likeness (QED) is 0.642. The van der Waals surface area contributed by atoms with Crippen LogP contribution in [0.3, 0.4) is 0 Å². The molecule has 0 aromatic carbocycles. The van der Waals surface area contributed by atoms with Crippen LogP contribution in [-0.4, -0.2) is 48.6 Å². The van der Waals surface area contributed by atoms with Crippen molar-refractivity contribution in [3.63, 3.8) is 0 Å². The van der Waals surface area contributed by atoms with Gasteiger partial charge in [0.15, 0.2) is 0 Å². The number of nitrogens with zero attached hydrogens (tertiary/aromatic N) is 1. The minimum absolute atomic E-state index is 0.0469. The van der Waals surface area contributed by atoms with E-state index in [0.717, 1.165) is 19.5 Å². The van der Waals surface area contributed by atoms with Gasteiger partial charge in [0.05, 0.1) is 0 Å². The number of hydrogen-bond donors (Lipinski definition) is 2. The van der Waals surface area contributed by atoms with E-state index in [0.29, 0.717) is 25.3 Å². The molecule has 0 aliphatic carbocycles. The van der Waals surface area contributed by atoms with Crippen LogP contribution in [0.25, 0.3) is 0 Å². The summed E-state index contributed by atoms with van der Waals surface area (Å²) in [5.41, 5.74) is 0. The fourth-order valence-corrected chi connectivity index (χ4v) is 1.99. The Bertz CT molecular complexity index is 256. The van der Waals surface area contributed by atoms with Gasteiger partial charge in [0.25, 0.3) is 0 Å². The monoisotopic (exact) mass is 228 g/mol. The minimum Gasteiger partial charge on any atom is -0.481 e. The van der Waals surface area contributed by atoms with E-state index in [9.17, 15) is 9.59 Å². The average Bonchev–Trinajstić information content (AvgIpc) is 2.58. The van der Waals surface area contributed by atoms with Crippen molar-refractivity contribution < 1.29 is 14.7 Å². The number of likely N-dealkylation sites (tertiary alicyclic amines) is 1. The molecule has 0 radical (unpaired) electrons. The first kappa shape index (κ1) is 13.0. The highest BCUT2D eigenvalue weighted by Gasteiger charge is 2.21. The van der Waals surface area contributed by atoms with Gasteiger partial charge in [-0.1, -0.05) is 0 Å². The Kier molecular flexibility index (Phi) is 5.25. The Morgan fingerprint density at radius 2 is 2.25 bits per heavy atom. The smallest absolute Gasteiger partial charge is 0.303 e. The number of amides is 1. The lowest BCUT2D eigenvalue weighted by Crippen LogP contribution is -2.27. The van der Waals surface area contributed by atoms with Gasteiger partial charge < -0.3 is 15.3 Å². The lowest BCUT2D eigenvalue weighted by atomic mass is 10.0. The molecular formula is C11H20N2O3.